The molecular weight excluding hydrogens is 295 g/mol. The van der Waals surface area contributed by atoms with Crippen LogP contribution >= 0.6 is 0 Å². The maximum absolute atomic E-state index is 13.7. The highest BCUT2D eigenvalue weighted by atomic mass is 19.4. The Morgan fingerprint density at radius 2 is 1.71 bits per heavy atom. The molecular formula is C14H7F5O2. The molecule has 0 bridgehead atoms. The number of carbonyl (C=O) groups is 1. The third kappa shape index (κ3) is 3.77. The maximum Gasteiger partial charge on any atom is 0.573 e. The van der Waals surface area contributed by atoms with Crippen LogP contribution in [-0.2, 0) is 0 Å². The molecule has 2 aromatic carbocycles. The zero-order valence-electron chi connectivity index (χ0n) is 10.2. The molecule has 110 valence electrons. The number of ether oxygens (including phenoxy) is 1. The summed E-state index contributed by atoms with van der Waals surface area (Å²) in [6, 6.07) is 5.56. The average molecular weight is 302 g/mol. The highest BCUT2D eigenvalue weighted by molar-refractivity contribution is 5.80. The van der Waals surface area contributed by atoms with Gasteiger partial charge in [0.1, 0.15) is 23.7 Å². The number of hydrogen-bond donors (Lipinski definition) is 0. The molecule has 0 aromatic heterocycles. The number of benzene rings is 2. The Morgan fingerprint density at radius 1 is 1.00 bits per heavy atom. The van der Waals surface area contributed by atoms with Gasteiger partial charge >= 0.3 is 6.36 Å². The number of alkyl halides is 3. The highest BCUT2D eigenvalue weighted by Gasteiger charge is 2.31. The highest BCUT2D eigenvalue weighted by Crippen LogP contribution is 2.31. The fraction of sp³-hybridized carbons (Fsp3) is 0.0714. The Balaban J connectivity index is 2.52. The molecule has 0 radical (unpaired) electrons. The van der Waals surface area contributed by atoms with Gasteiger partial charge in [0.2, 0.25) is 0 Å². The van der Waals surface area contributed by atoms with Gasteiger partial charge in [0, 0.05) is 17.2 Å². The van der Waals surface area contributed by atoms with Gasteiger partial charge in [0.05, 0.1) is 0 Å². The molecule has 0 saturated carbocycles. The number of aldehydes is 1. The monoisotopic (exact) mass is 302 g/mol. The van der Waals surface area contributed by atoms with E-state index in [1.54, 1.807) is 0 Å². The smallest absolute Gasteiger partial charge is 0.406 e. The van der Waals surface area contributed by atoms with Gasteiger partial charge in [-0.1, -0.05) is 0 Å². The Hall–Kier alpha value is -2.44. The van der Waals surface area contributed by atoms with Crippen LogP contribution in [0.4, 0.5) is 22.0 Å². The molecule has 0 aliphatic rings. The topological polar surface area (TPSA) is 26.3 Å². The molecule has 0 aliphatic heterocycles. The van der Waals surface area contributed by atoms with E-state index in [0.717, 1.165) is 24.3 Å². The van der Waals surface area contributed by atoms with Gasteiger partial charge in [-0.3, -0.25) is 4.79 Å². The van der Waals surface area contributed by atoms with Crippen molar-refractivity contribution in [2.45, 2.75) is 6.36 Å². The van der Waals surface area contributed by atoms with Crippen molar-refractivity contribution in [2.24, 2.45) is 0 Å². The lowest BCUT2D eigenvalue weighted by Gasteiger charge is -2.11. The second kappa shape index (κ2) is 5.51. The SMILES string of the molecule is O=Cc1cc(OC(F)(F)F)cc(-c2ccc(F)cc2F)c1. The van der Waals surface area contributed by atoms with Crippen LogP contribution in [0.2, 0.25) is 0 Å². The molecule has 0 saturated heterocycles. The van der Waals surface area contributed by atoms with Gasteiger partial charge in [0.15, 0.2) is 0 Å². The molecule has 2 aromatic rings. The normalized spacial score (nSPS) is 11.3. The summed E-state index contributed by atoms with van der Waals surface area (Å²) in [4.78, 5) is 10.8. The van der Waals surface area contributed by atoms with E-state index in [0.29, 0.717) is 12.4 Å². The summed E-state index contributed by atoms with van der Waals surface area (Å²) in [5.41, 5.74) is -0.307. The molecule has 0 unspecified atom stereocenters. The predicted molar refractivity (Wildman–Crippen MR) is 63.9 cm³/mol. The fourth-order valence-corrected chi connectivity index (χ4v) is 1.76. The zero-order chi connectivity index (χ0) is 15.6. The second-order valence-corrected chi connectivity index (χ2v) is 4.08. The quantitative estimate of drug-likeness (QED) is 0.622. The van der Waals surface area contributed by atoms with Crippen LogP contribution in [0.5, 0.6) is 5.75 Å². The summed E-state index contributed by atoms with van der Waals surface area (Å²) in [6.07, 6.45) is -4.64. The summed E-state index contributed by atoms with van der Waals surface area (Å²) in [5, 5.41) is 0. The fourth-order valence-electron chi connectivity index (χ4n) is 1.76. The van der Waals surface area contributed by atoms with E-state index in [4.69, 9.17) is 0 Å². The molecule has 2 rings (SSSR count). The molecule has 0 fully saturated rings. The van der Waals surface area contributed by atoms with Crippen molar-refractivity contribution >= 4 is 6.29 Å². The van der Waals surface area contributed by atoms with E-state index < -0.39 is 23.7 Å². The Labute approximate surface area is 115 Å². The van der Waals surface area contributed by atoms with Crippen LogP contribution in [-0.4, -0.2) is 12.6 Å². The first-order valence-corrected chi connectivity index (χ1v) is 5.60. The maximum atomic E-state index is 13.7. The molecule has 0 amide bonds. The Bertz CT molecular complexity index is 680. The molecule has 7 heteroatoms. The first-order valence-electron chi connectivity index (χ1n) is 5.60. The lowest BCUT2D eigenvalue weighted by atomic mass is 10.0. The standard InChI is InChI=1S/C14H7F5O2/c15-10-1-2-12(13(16)6-10)9-3-8(7-20)4-11(5-9)21-14(17,18)19/h1-7H. The number of rotatable bonds is 3. The molecule has 2 nitrogen and oxygen atoms in total. The van der Waals surface area contributed by atoms with Crippen molar-refractivity contribution in [1.82, 2.24) is 0 Å². The summed E-state index contributed by atoms with van der Waals surface area (Å²) >= 11 is 0. The van der Waals surface area contributed by atoms with Gasteiger partial charge in [-0.05, 0) is 35.9 Å². The van der Waals surface area contributed by atoms with Crippen molar-refractivity contribution in [3.05, 3.63) is 53.6 Å². The van der Waals surface area contributed by atoms with Crippen LogP contribution in [0, 0.1) is 11.6 Å². The molecule has 21 heavy (non-hydrogen) atoms. The minimum absolute atomic E-state index is 0.0312. The van der Waals surface area contributed by atoms with Crippen molar-refractivity contribution in [2.75, 3.05) is 0 Å². The summed E-state index contributed by atoms with van der Waals surface area (Å²) in [6.45, 7) is 0. The van der Waals surface area contributed by atoms with Crippen LogP contribution in [0.25, 0.3) is 11.1 Å². The van der Waals surface area contributed by atoms with Gasteiger partial charge in [-0.15, -0.1) is 13.2 Å². The summed E-state index contributed by atoms with van der Waals surface area (Å²) in [5.74, 6) is -2.45. The first-order chi connectivity index (χ1) is 9.78. The predicted octanol–water partition coefficient (Wildman–Crippen LogP) is 4.34. The van der Waals surface area contributed by atoms with Crippen LogP contribution in [0.15, 0.2) is 36.4 Å². The van der Waals surface area contributed by atoms with Crippen LogP contribution < -0.4 is 4.74 Å². The van der Waals surface area contributed by atoms with E-state index in [2.05, 4.69) is 4.74 Å². The zero-order valence-corrected chi connectivity index (χ0v) is 10.2. The van der Waals surface area contributed by atoms with Crippen molar-refractivity contribution in [3.8, 4) is 16.9 Å². The minimum Gasteiger partial charge on any atom is -0.406 e. The summed E-state index contributed by atoms with van der Waals surface area (Å²) < 4.78 is 66.8. The van der Waals surface area contributed by atoms with Gasteiger partial charge < -0.3 is 4.74 Å². The minimum atomic E-state index is -4.94. The molecule has 0 spiro atoms. The van der Waals surface area contributed by atoms with E-state index in [-0.39, 0.29) is 16.7 Å². The number of carbonyl (C=O) groups excluding carboxylic acids is 1. The first kappa shape index (κ1) is 15.0. The van der Waals surface area contributed by atoms with E-state index in [1.165, 1.54) is 6.07 Å². The molecule has 0 aliphatic carbocycles. The van der Waals surface area contributed by atoms with Crippen molar-refractivity contribution in [3.63, 3.8) is 0 Å². The third-order valence-corrected chi connectivity index (χ3v) is 2.54. The molecule has 0 heterocycles. The second-order valence-electron chi connectivity index (χ2n) is 4.08. The lowest BCUT2D eigenvalue weighted by molar-refractivity contribution is -0.274. The summed E-state index contributed by atoms with van der Waals surface area (Å²) in [7, 11) is 0. The van der Waals surface area contributed by atoms with Crippen molar-refractivity contribution in [1.29, 1.82) is 0 Å². The number of halogens is 5. The lowest BCUT2D eigenvalue weighted by Crippen LogP contribution is -2.17. The van der Waals surface area contributed by atoms with Crippen molar-refractivity contribution < 1.29 is 31.5 Å². The average Bonchev–Trinajstić information content (AvgIpc) is 2.36. The van der Waals surface area contributed by atoms with Gasteiger partial charge in [-0.25, -0.2) is 8.78 Å². The van der Waals surface area contributed by atoms with E-state index in [9.17, 15) is 26.7 Å². The Kier molecular flexibility index (Phi) is 3.93. The van der Waals surface area contributed by atoms with Crippen LogP contribution in [0.3, 0.4) is 0 Å². The Morgan fingerprint density at radius 3 is 2.29 bits per heavy atom. The van der Waals surface area contributed by atoms with E-state index >= 15 is 0 Å². The van der Waals surface area contributed by atoms with Gasteiger partial charge in [-0.2, -0.15) is 0 Å². The molecule has 0 N–H and O–H groups in total. The largest absolute Gasteiger partial charge is 0.573 e. The number of hydrogen-bond acceptors (Lipinski definition) is 2. The third-order valence-electron chi connectivity index (χ3n) is 2.54. The van der Waals surface area contributed by atoms with Gasteiger partial charge in [0.25, 0.3) is 0 Å². The molecule has 0 atom stereocenters. The van der Waals surface area contributed by atoms with E-state index in [1.807, 2.05) is 0 Å². The van der Waals surface area contributed by atoms with Crippen LogP contribution in [0.1, 0.15) is 10.4 Å².